The molecule has 0 aromatic rings. The van der Waals surface area contributed by atoms with Crippen LogP contribution in [0.15, 0.2) is 0 Å². The Kier molecular flexibility index (Phi) is 36.1. The number of unbranched alkanes of at least 4 members (excludes halogenated alkanes) is 27. The number of aliphatic carboxylic acids is 1. The number of carbonyl (C=O) groups is 3. The van der Waals surface area contributed by atoms with Crippen molar-refractivity contribution in [3.8, 4) is 0 Å². The molecule has 0 aromatic heterocycles. The summed E-state index contributed by atoms with van der Waals surface area (Å²) in [6.07, 6.45) is 36.9. The van der Waals surface area contributed by atoms with Crippen molar-refractivity contribution < 1.29 is 38.2 Å². The van der Waals surface area contributed by atoms with E-state index in [9.17, 15) is 19.5 Å². The van der Waals surface area contributed by atoms with E-state index in [4.69, 9.17) is 14.2 Å². The van der Waals surface area contributed by atoms with Gasteiger partial charge in [0, 0.05) is 19.3 Å². The number of carbonyl (C=O) groups excluding carboxylic acids is 3. The highest BCUT2D eigenvalue weighted by atomic mass is 16.6. The van der Waals surface area contributed by atoms with E-state index in [0.29, 0.717) is 12.8 Å². The third-order valence-corrected chi connectivity index (χ3v) is 10.5. The number of carboxylic acids is 1. The third kappa shape index (κ3) is 35.8. The van der Waals surface area contributed by atoms with E-state index >= 15 is 0 Å². The van der Waals surface area contributed by atoms with Crippen LogP contribution in [0.1, 0.15) is 219 Å². The normalized spacial score (nSPS) is 12.8. The number of nitrogens with zero attached hydrogens (tertiary/aromatic N) is 1. The van der Waals surface area contributed by atoms with E-state index in [0.717, 1.165) is 38.5 Å². The number of esters is 2. The maximum atomic E-state index is 12.7. The van der Waals surface area contributed by atoms with Gasteiger partial charge in [-0.3, -0.25) is 9.59 Å². The van der Waals surface area contributed by atoms with Crippen LogP contribution in [-0.2, 0) is 28.6 Å². The fraction of sp³-hybridized carbons (Fsp3) is 0.933. The molecule has 0 aromatic carbocycles. The van der Waals surface area contributed by atoms with Crippen molar-refractivity contribution in [2.45, 2.75) is 231 Å². The summed E-state index contributed by atoms with van der Waals surface area (Å²) >= 11 is 0. The number of hydrogen-bond donors (Lipinski definition) is 0. The fourth-order valence-electron chi connectivity index (χ4n) is 6.95. The summed E-state index contributed by atoms with van der Waals surface area (Å²) in [7, 11) is 5.42. The highest BCUT2D eigenvalue weighted by Gasteiger charge is 2.25. The Bertz CT molecular complexity index is 843. The molecule has 0 rings (SSSR count). The largest absolute Gasteiger partial charge is 0.544 e. The van der Waals surface area contributed by atoms with E-state index in [-0.39, 0.29) is 42.7 Å². The van der Waals surface area contributed by atoms with Gasteiger partial charge in [-0.25, -0.2) is 0 Å². The Labute approximate surface area is 327 Å². The average molecular weight is 754 g/mol. The van der Waals surface area contributed by atoms with Gasteiger partial charge in [-0.1, -0.05) is 187 Å². The lowest BCUT2D eigenvalue weighted by Crippen LogP contribution is -2.55. The molecular formula is C45H87NO7. The fourth-order valence-corrected chi connectivity index (χ4v) is 6.95. The zero-order chi connectivity index (χ0) is 39.3. The lowest BCUT2D eigenvalue weighted by atomic mass is 10.0. The van der Waals surface area contributed by atoms with E-state index in [1.54, 1.807) is 21.1 Å². The van der Waals surface area contributed by atoms with Gasteiger partial charge in [0.2, 0.25) is 0 Å². The van der Waals surface area contributed by atoms with Crippen LogP contribution in [0.2, 0.25) is 0 Å². The molecule has 0 saturated heterocycles. The first-order valence-corrected chi connectivity index (χ1v) is 22.6. The molecule has 53 heavy (non-hydrogen) atoms. The second-order valence-corrected chi connectivity index (χ2v) is 16.7. The summed E-state index contributed by atoms with van der Waals surface area (Å²) in [5.41, 5.74) is 0. The Hall–Kier alpha value is -1.67. The Morgan fingerprint density at radius 2 is 0.830 bits per heavy atom. The molecule has 0 aliphatic rings. The van der Waals surface area contributed by atoms with Gasteiger partial charge in [0.05, 0.1) is 40.3 Å². The molecule has 0 bridgehead atoms. The van der Waals surface area contributed by atoms with Crippen LogP contribution < -0.4 is 5.11 Å². The highest BCUT2D eigenvalue weighted by Crippen LogP contribution is 2.16. The zero-order valence-corrected chi connectivity index (χ0v) is 35.7. The van der Waals surface area contributed by atoms with Crippen LogP contribution in [0.5, 0.6) is 0 Å². The number of hydrogen-bond acceptors (Lipinski definition) is 7. The van der Waals surface area contributed by atoms with Gasteiger partial charge in [-0.05, 0) is 12.8 Å². The van der Waals surface area contributed by atoms with Crippen molar-refractivity contribution in [3.05, 3.63) is 0 Å². The van der Waals surface area contributed by atoms with Gasteiger partial charge in [0.15, 0.2) is 6.10 Å². The minimum absolute atomic E-state index is 0.0492. The quantitative estimate of drug-likeness (QED) is 0.0348. The number of ether oxygens (including phenoxy) is 3. The monoisotopic (exact) mass is 754 g/mol. The number of likely N-dealkylation sites (N-methyl/N-ethyl adjacent to an activating group) is 1. The van der Waals surface area contributed by atoms with Gasteiger partial charge < -0.3 is 28.6 Å². The van der Waals surface area contributed by atoms with Crippen molar-refractivity contribution >= 4 is 17.9 Å². The number of carboxylic acid groups (broad SMARTS) is 1. The van der Waals surface area contributed by atoms with Crippen LogP contribution in [-0.4, -0.2) is 75.5 Å². The Morgan fingerprint density at radius 3 is 1.17 bits per heavy atom. The van der Waals surface area contributed by atoms with Crippen LogP contribution in [0, 0.1) is 0 Å². The highest BCUT2D eigenvalue weighted by molar-refractivity contribution is 5.70. The smallest absolute Gasteiger partial charge is 0.306 e. The molecule has 8 nitrogen and oxygen atoms in total. The minimum atomic E-state index is -1.12. The summed E-state index contributed by atoms with van der Waals surface area (Å²) in [6.45, 7) is 4.69. The van der Waals surface area contributed by atoms with E-state index in [1.165, 1.54) is 148 Å². The third-order valence-electron chi connectivity index (χ3n) is 10.5. The summed E-state index contributed by atoms with van der Waals surface area (Å²) < 4.78 is 17.2. The summed E-state index contributed by atoms with van der Waals surface area (Å²) in [5.74, 6) is -1.71. The topological polar surface area (TPSA) is 102 Å². The molecular weight excluding hydrogens is 666 g/mol. The molecule has 0 radical (unpaired) electrons. The van der Waals surface area contributed by atoms with Gasteiger partial charge in [0.1, 0.15) is 12.6 Å². The summed E-state index contributed by atoms with van der Waals surface area (Å²) in [5, 5.41) is 11.6. The first-order valence-electron chi connectivity index (χ1n) is 22.6. The van der Waals surface area contributed by atoms with E-state index < -0.39 is 18.1 Å². The predicted molar refractivity (Wildman–Crippen MR) is 218 cm³/mol. The molecule has 0 spiro atoms. The molecule has 0 amide bonds. The van der Waals surface area contributed by atoms with Crippen molar-refractivity contribution in [1.29, 1.82) is 0 Å². The van der Waals surface area contributed by atoms with Crippen molar-refractivity contribution in [1.82, 2.24) is 0 Å². The first-order chi connectivity index (χ1) is 25.6. The van der Waals surface area contributed by atoms with Crippen LogP contribution >= 0.6 is 0 Å². The summed E-state index contributed by atoms with van der Waals surface area (Å²) in [6, 6.07) is -0.718. The lowest BCUT2D eigenvalue weighted by Gasteiger charge is -2.34. The van der Waals surface area contributed by atoms with Crippen LogP contribution in [0.4, 0.5) is 0 Å². The van der Waals surface area contributed by atoms with Gasteiger partial charge >= 0.3 is 11.9 Å². The predicted octanol–water partition coefficient (Wildman–Crippen LogP) is 10.8. The molecule has 0 heterocycles. The zero-order valence-electron chi connectivity index (χ0n) is 35.7. The average Bonchev–Trinajstić information content (AvgIpc) is 3.11. The molecule has 0 N–H and O–H groups in total. The molecule has 2 atom stereocenters. The van der Waals surface area contributed by atoms with E-state index in [2.05, 4.69) is 13.8 Å². The lowest BCUT2D eigenvalue weighted by molar-refractivity contribution is -0.889. The van der Waals surface area contributed by atoms with E-state index in [1.807, 2.05) is 0 Å². The maximum absolute atomic E-state index is 12.7. The summed E-state index contributed by atoms with van der Waals surface area (Å²) in [4.78, 5) is 36.8. The Morgan fingerprint density at radius 1 is 0.491 bits per heavy atom. The molecule has 2 unspecified atom stereocenters. The first kappa shape index (κ1) is 51.3. The van der Waals surface area contributed by atoms with Crippen molar-refractivity contribution in [2.24, 2.45) is 0 Å². The van der Waals surface area contributed by atoms with Gasteiger partial charge in [-0.2, -0.15) is 0 Å². The second kappa shape index (κ2) is 37.3. The van der Waals surface area contributed by atoms with Gasteiger partial charge in [-0.15, -0.1) is 0 Å². The molecule has 0 fully saturated rings. The van der Waals surface area contributed by atoms with Gasteiger partial charge in [0.25, 0.3) is 0 Å². The number of rotatable bonds is 41. The second-order valence-electron chi connectivity index (χ2n) is 16.7. The Balaban J connectivity index is 4.27. The molecule has 8 heteroatoms. The number of quaternary nitrogens is 1. The molecule has 0 saturated carbocycles. The minimum Gasteiger partial charge on any atom is -0.544 e. The van der Waals surface area contributed by atoms with Crippen molar-refractivity contribution in [3.63, 3.8) is 0 Å². The standard InChI is InChI=1S/C45H87NO7/c1-6-8-10-12-14-16-18-20-21-22-23-24-26-28-30-32-34-36-44(48)53-41(39-51-38-37-42(45(49)50)46(3,4)5)40-52-43(47)35-33-31-29-27-25-19-17-15-13-11-9-7-2/h41-42H,6-40H2,1-5H3. The molecule has 0 aliphatic heterocycles. The van der Waals surface area contributed by atoms with Crippen LogP contribution in [0.3, 0.4) is 0 Å². The van der Waals surface area contributed by atoms with Crippen molar-refractivity contribution in [2.75, 3.05) is 41.0 Å². The molecule has 0 aliphatic carbocycles. The maximum Gasteiger partial charge on any atom is 0.306 e. The van der Waals surface area contributed by atoms with Crippen LogP contribution in [0.25, 0.3) is 0 Å². The molecule has 314 valence electrons. The SMILES string of the molecule is CCCCCCCCCCCCCCCCCCCC(=O)OC(COCCC(C(=O)[O-])[N+](C)(C)C)COC(=O)CCCCCCCCCCCCCC.